The number of benzene rings is 1. The molecular formula is C20H30N2O5. The largest absolute Gasteiger partial charge is 0.445 e. The average Bonchev–Trinajstić information content (AvgIpc) is 2.61. The fraction of sp³-hybridized carbons (Fsp3) is 0.600. The third kappa shape index (κ3) is 7.09. The van der Waals surface area contributed by atoms with Gasteiger partial charge < -0.3 is 24.4 Å². The second-order valence-electron chi connectivity index (χ2n) is 7.52. The van der Waals surface area contributed by atoms with E-state index in [1.807, 2.05) is 58.0 Å². The molecule has 1 aliphatic rings. The molecule has 1 saturated heterocycles. The summed E-state index contributed by atoms with van der Waals surface area (Å²) in [4.78, 5) is 26.1. The molecule has 150 valence electrons. The highest BCUT2D eigenvalue weighted by atomic mass is 16.6. The first-order valence-corrected chi connectivity index (χ1v) is 9.35. The topological polar surface area (TPSA) is 77.1 Å². The van der Waals surface area contributed by atoms with Crippen LogP contribution in [0.1, 0.15) is 39.7 Å². The highest BCUT2D eigenvalue weighted by molar-refractivity contribution is 5.69. The Morgan fingerprint density at radius 1 is 1.22 bits per heavy atom. The molecule has 0 aliphatic carbocycles. The van der Waals surface area contributed by atoms with Gasteiger partial charge in [-0.05, 0) is 39.7 Å². The minimum atomic E-state index is -0.547. The van der Waals surface area contributed by atoms with Crippen molar-refractivity contribution in [2.75, 3.05) is 19.7 Å². The molecule has 0 radical (unpaired) electrons. The summed E-state index contributed by atoms with van der Waals surface area (Å²) in [6.45, 7) is 8.95. The Morgan fingerprint density at radius 3 is 2.56 bits per heavy atom. The van der Waals surface area contributed by atoms with Crippen molar-refractivity contribution in [2.45, 2.75) is 58.5 Å². The molecule has 2 atom stereocenters. The summed E-state index contributed by atoms with van der Waals surface area (Å²) in [5.74, 6) is 0. The zero-order valence-electron chi connectivity index (χ0n) is 16.6. The molecule has 0 spiro atoms. The zero-order chi connectivity index (χ0) is 19.9. The number of carbonyl (C=O) groups excluding carboxylic acids is 2. The minimum Gasteiger partial charge on any atom is -0.445 e. The van der Waals surface area contributed by atoms with Crippen molar-refractivity contribution in [1.82, 2.24) is 10.2 Å². The lowest BCUT2D eigenvalue weighted by Gasteiger charge is -2.38. The van der Waals surface area contributed by atoms with Gasteiger partial charge in [0.2, 0.25) is 0 Å². The molecule has 2 amide bonds. The number of ether oxygens (including phenoxy) is 3. The summed E-state index contributed by atoms with van der Waals surface area (Å²) >= 11 is 0. The molecule has 2 rings (SSSR count). The summed E-state index contributed by atoms with van der Waals surface area (Å²) < 4.78 is 16.5. The lowest BCUT2D eigenvalue weighted by Crippen LogP contribution is -2.56. The van der Waals surface area contributed by atoms with Crippen LogP contribution in [0, 0.1) is 0 Å². The molecule has 0 aromatic heterocycles. The fourth-order valence-corrected chi connectivity index (χ4v) is 2.87. The van der Waals surface area contributed by atoms with Crippen molar-refractivity contribution in [1.29, 1.82) is 0 Å². The van der Waals surface area contributed by atoms with E-state index >= 15 is 0 Å². The Morgan fingerprint density at radius 2 is 1.93 bits per heavy atom. The second-order valence-corrected chi connectivity index (χ2v) is 7.52. The van der Waals surface area contributed by atoms with Gasteiger partial charge in [0, 0.05) is 13.2 Å². The van der Waals surface area contributed by atoms with Crippen LogP contribution in [0.25, 0.3) is 0 Å². The van der Waals surface area contributed by atoms with Crippen LogP contribution in [-0.2, 0) is 20.8 Å². The highest BCUT2D eigenvalue weighted by Crippen LogP contribution is 2.18. The number of hydrogen-bond donors (Lipinski definition) is 1. The number of alkyl carbamates (subject to hydrolysis) is 1. The molecule has 0 unspecified atom stereocenters. The van der Waals surface area contributed by atoms with Crippen LogP contribution in [0.3, 0.4) is 0 Å². The van der Waals surface area contributed by atoms with Crippen molar-refractivity contribution in [3.05, 3.63) is 35.9 Å². The van der Waals surface area contributed by atoms with Crippen molar-refractivity contribution in [2.24, 2.45) is 0 Å². The molecular weight excluding hydrogens is 348 g/mol. The monoisotopic (exact) mass is 378 g/mol. The Balaban J connectivity index is 1.87. The standard InChI is InChI=1S/C20H30N2O5/c1-5-25-17-13-22(19(24)27-20(2,3)4)12-11-16(17)21-18(23)26-14-15-9-7-6-8-10-15/h6-10,16-17H,5,11-14H2,1-4H3,(H,21,23)/t16-,17+/m0/s1. The van der Waals surface area contributed by atoms with Crippen LogP contribution in [0.15, 0.2) is 30.3 Å². The van der Waals surface area contributed by atoms with Crippen molar-refractivity contribution in [3.8, 4) is 0 Å². The van der Waals surface area contributed by atoms with Gasteiger partial charge in [-0.25, -0.2) is 9.59 Å². The zero-order valence-corrected chi connectivity index (χ0v) is 16.6. The molecule has 1 aromatic carbocycles. The first-order chi connectivity index (χ1) is 12.8. The Hall–Kier alpha value is -2.28. The maximum Gasteiger partial charge on any atom is 0.410 e. The summed E-state index contributed by atoms with van der Waals surface area (Å²) in [5, 5.41) is 2.87. The summed E-state index contributed by atoms with van der Waals surface area (Å²) in [7, 11) is 0. The number of piperidine rings is 1. The SMILES string of the molecule is CCO[C@@H]1CN(C(=O)OC(C)(C)C)CC[C@@H]1NC(=O)OCc1ccccc1. The second kappa shape index (κ2) is 9.60. The summed E-state index contributed by atoms with van der Waals surface area (Å²) in [6.07, 6.45) is -0.582. The van der Waals surface area contributed by atoms with E-state index in [0.717, 1.165) is 5.56 Å². The first kappa shape index (κ1) is 21.0. The van der Waals surface area contributed by atoms with E-state index in [4.69, 9.17) is 14.2 Å². The molecule has 1 aromatic rings. The van der Waals surface area contributed by atoms with Crippen LogP contribution in [0.5, 0.6) is 0 Å². The fourth-order valence-electron chi connectivity index (χ4n) is 2.87. The summed E-state index contributed by atoms with van der Waals surface area (Å²) in [6, 6.07) is 9.29. The molecule has 1 aliphatic heterocycles. The lowest BCUT2D eigenvalue weighted by molar-refractivity contribution is -0.0307. The van der Waals surface area contributed by atoms with E-state index in [2.05, 4.69) is 5.32 Å². The van der Waals surface area contributed by atoms with Gasteiger partial charge in [-0.1, -0.05) is 30.3 Å². The van der Waals surface area contributed by atoms with Gasteiger partial charge in [-0.15, -0.1) is 0 Å². The van der Waals surface area contributed by atoms with Gasteiger partial charge in [0.1, 0.15) is 12.2 Å². The number of rotatable bonds is 5. The van der Waals surface area contributed by atoms with Gasteiger partial charge >= 0.3 is 12.2 Å². The van der Waals surface area contributed by atoms with Crippen LogP contribution in [0.2, 0.25) is 0 Å². The van der Waals surface area contributed by atoms with E-state index in [1.54, 1.807) is 4.90 Å². The van der Waals surface area contributed by atoms with Crippen LogP contribution >= 0.6 is 0 Å². The average molecular weight is 378 g/mol. The molecule has 7 nitrogen and oxygen atoms in total. The Labute approximate surface area is 161 Å². The number of carbonyl (C=O) groups is 2. The molecule has 27 heavy (non-hydrogen) atoms. The van der Waals surface area contributed by atoms with E-state index < -0.39 is 11.7 Å². The van der Waals surface area contributed by atoms with Gasteiger partial charge in [-0.3, -0.25) is 0 Å². The predicted octanol–water partition coefficient (Wildman–Crippen LogP) is 3.33. The van der Waals surface area contributed by atoms with Gasteiger partial charge in [0.25, 0.3) is 0 Å². The van der Waals surface area contributed by atoms with E-state index in [1.165, 1.54) is 0 Å². The quantitative estimate of drug-likeness (QED) is 0.850. The molecule has 7 heteroatoms. The highest BCUT2D eigenvalue weighted by Gasteiger charge is 2.35. The third-order valence-corrected chi connectivity index (χ3v) is 4.11. The van der Waals surface area contributed by atoms with Crippen molar-refractivity contribution < 1.29 is 23.8 Å². The predicted molar refractivity (Wildman–Crippen MR) is 101 cm³/mol. The molecule has 1 heterocycles. The van der Waals surface area contributed by atoms with E-state index in [-0.39, 0.29) is 24.8 Å². The number of nitrogens with zero attached hydrogens (tertiary/aromatic N) is 1. The Bertz CT molecular complexity index is 615. The minimum absolute atomic E-state index is 0.211. The first-order valence-electron chi connectivity index (χ1n) is 9.35. The maximum atomic E-state index is 12.3. The maximum absolute atomic E-state index is 12.3. The van der Waals surface area contributed by atoms with Crippen molar-refractivity contribution >= 4 is 12.2 Å². The molecule has 1 N–H and O–H groups in total. The molecule has 1 fully saturated rings. The Kier molecular flexibility index (Phi) is 7.47. The third-order valence-electron chi connectivity index (χ3n) is 4.11. The van der Waals surface area contributed by atoms with E-state index in [9.17, 15) is 9.59 Å². The lowest BCUT2D eigenvalue weighted by atomic mass is 10.0. The van der Waals surface area contributed by atoms with Crippen LogP contribution < -0.4 is 5.32 Å². The molecule has 0 bridgehead atoms. The van der Waals surface area contributed by atoms with Crippen LogP contribution in [-0.4, -0.2) is 54.5 Å². The van der Waals surface area contributed by atoms with Crippen molar-refractivity contribution in [3.63, 3.8) is 0 Å². The van der Waals surface area contributed by atoms with E-state index in [0.29, 0.717) is 26.1 Å². The van der Waals surface area contributed by atoms with Gasteiger partial charge in [0.15, 0.2) is 0 Å². The van der Waals surface area contributed by atoms with Gasteiger partial charge in [-0.2, -0.15) is 0 Å². The normalized spacial score (nSPS) is 20.1. The van der Waals surface area contributed by atoms with Gasteiger partial charge in [0.05, 0.1) is 18.7 Å². The number of amides is 2. The molecule has 0 saturated carbocycles. The number of likely N-dealkylation sites (tertiary alicyclic amines) is 1. The summed E-state index contributed by atoms with van der Waals surface area (Å²) in [5.41, 5.74) is 0.378. The van der Waals surface area contributed by atoms with Crippen LogP contribution in [0.4, 0.5) is 9.59 Å². The number of hydrogen-bond acceptors (Lipinski definition) is 5. The number of nitrogens with one attached hydrogen (secondary N) is 1. The smallest absolute Gasteiger partial charge is 0.410 e.